The van der Waals surface area contributed by atoms with Crippen molar-refractivity contribution in [3.8, 4) is 0 Å². The second-order valence-electron chi connectivity index (χ2n) is 3.41. The maximum absolute atomic E-state index is 12.0. The first-order valence-corrected chi connectivity index (χ1v) is 4.65. The lowest BCUT2D eigenvalue weighted by atomic mass is 9.96. The topological polar surface area (TPSA) is 3.24 Å². The van der Waals surface area contributed by atoms with E-state index in [4.69, 9.17) is 0 Å². The molecule has 66 valence electrons. The third kappa shape index (κ3) is 2.78. The minimum absolute atomic E-state index is 0.184. The Bertz CT molecular complexity index is 104. The first-order valence-electron chi connectivity index (χ1n) is 4.65. The number of halogens is 1. The van der Waals surface area contributed by atoms with E-state index >= 15 is 0 Å². The molecule has 0 bridgehead atoms. The zero-order valence-corrected chi connectivity index (χ0v) is 7.35. The van der Waals surface area contributed by atoms with Crippen molar-refractivity contribution in [3.63, 3.8) is 0 Å². The number of rotatable bonds is 3. The SMILES string of the molecule is CC[C@@H]1CCCN(CCF)C1. The molecule has 1 aliphatic rings. The van der Waals surface area contributed by atoms with Crippen LogP contribution in [0, 0.1) is 5.92 Å². The van der Waals surface area contributed by atoms with Crippen LogP contribution in [0.2, 0.25) is 0 Å². The van der Waals surface area contributed by atoms with Crippen molar-refractivity contribution in [2.45, 2.75) is 26.2 Å². The van der Waals surface area contributed by atoms with E-state index in [1.807, 2.05) is 0 Å². The molecule has 0 aromatic carbocycles. The summed E-state index contributed by atoms with van der Waals surface area (Å²) in [4.78, 5) is 2.25. The molecule has 0 amide bonds. The lowest BCUT2D eigenvalue weighted by Crippen LogP contribution is -2.36. The zero-order chi connectivity index (χ0) is 8.10. The molecule has 1 fully saturated rings. The van der Waals surface area contributed by atoms with Crippen LogP contribution >= 0.6 is 0 Å². The van der Waals surface area contributed by atoms with Gasteiger partial charge in [0.2, 0.25) is 0 Å². The summed E-state index contributed by atoms with van der Waals surface area (Å²) >= 11 is 0. The highest BCUT2D eigenvalue weighted by Crippen LogP contribution is 2.18. The molecule has 0 aromatic rings. The lowest BCUT2D eigenvalue weighted by molar-refractivity contribution is 0.161. The highest BCUT2D eigenvalue weighted by molar-refractivity contribution is 4.71. The van der Waals surface area contributed by atoms with Crippen LogP contribution < -0.4 is 0 Å². The molecule has 0 unspecified atom stereocenters. The third-order valence-corrected chi connectivity index (χ3v) is 2.58. The van der Waals surface area contributed by atoms with E-state index in [9.17, 15) is 4.39 Å². The summed E-state index contributed by atoms with van der Waals surface area (Å²) in [5.74, 6) is 0.829. The fourth-order valence-corrected chi connectivity index (χ4v) is 1.81. The van der Waals surface area contributed by atoms with Gasteiger partial charge in [-0.2, -0.15) is 0 Å². The van der Waals surface area contributed by atoms with Crippen LogP contribution in [0.1, 0.15) is 26.2 Å². The summed E-state index contributed by atoms with van der Waals surface area (Å²) < 4.78 is 12.0. The normalized spacial score (nSPS) is 27.3. The van der Waals surface area contributed by atoms with Crippen LogP contribution in [-0.2, 0) is 0 Å². The smallest absolute Gasteiger partial charge is 0.102 e. The van der Waals surface area contributed by atoms with Gasteiger partial charge < -0.3 is 4.90 Å². The van der Waals surface area contributed by atoms with Crippen LogP contribution in [0.25, 0.3) is 0 Å². The molecule has 0 saturated carbocycles. The molecular weight excluding hydrogens is 141 g/mol. The molecule has 1 heterocycles. The summed E-state index contributed by atoms with van der Waals surface area (Å²) in [6, 6.07) is 0. The molecule has 1 saturated heterocycles. The Labute approximate surface area is 68.6 Å². The van der Waals surface area contributed by atoms with Crippen molar-refractivity contribution >= 4 is 0 Å². The van der Waals surface area contributed by atoms with E-state index in [1.54, 1.807) is 0 Å². The van der Waals surface area contributed by atoms with Crippen molar-refractivity contribution < 1.29 is 4.39 Å². The fraction of sp³-hybridized carbons (Fsp3) is 1.00. The van der Waals surface area contributed by atoms with Gasteiger partial charge in [-0.05, 0) is 25.3 Å². The van der Waals surface area contributed by atoms with Gasteiger partial charge in [-0.15, -0.1) is 0 Å². The number of alkyl halides is 1. The van der Waals surface area contributed by atoms with Crippen molar-refractivity contribution in [2.75, 3.05) is 26.3 Å². The number of hydrogen-bond acceptors (Lipinski definition) is 1. The van der Waals surface area contributed by atoms with Gasteiger partial charge in [0.1, 0.15) is 6.67 Å². The van der Waals surface area contributed by atoms with Gasteiger partial charge in [-0.3, -0.25) is 0 Å². The van der Waals surface area contributed by atoms with Gasteiger partial charge in [-0.1, -0.05) is 13.3 Å². The lowest BCUT2D eigenvalue weighted by Gasteiger charge is -2.31. The van der Waals surface area contributed by atoms with E-state index in [1.165, 1.54) is 19.3 Å². The van der Waals surface area contributed by atoms with Gasteiger partial charge in [0.25, 0.3) is 0 Å². The zero-order valence-electron chi connectivity index (χ0n) is 7.35. The van der Waals surface area contributed by atoms with Crippen LogP contribution in [0.4, 0.5) is 4.39 Å². The quantitative estimate of drug-likeness (QED) is 0.609. The summed E-state index contributed by atoms with van der Waals surface area (Å²) in [5.41, 5.74) is 0. The second-order valence-corrected chi connectivity index (χ2v) is 3.41. The summed E-state index contributed by atoms with van der Waals surface area (Å²) in [7, 11) is 0. The number of nitrogens with zero attached hydrogens (tertiary/aromatic N) is 1. The molecule has 0 aliphatic carbocycles. The van der Waals surface area contributed by atoms with Gasteiger partial charge in [0.15, 0.2) is 0 Å². The average Bonchev–Trinajstić information content (AvgIpc) is 2.06. The molecule has 0 N–H and O–H groups in total. The minimum Gasteiger partial charge on any atom is -0.300 e. The first-order chi connectivity index (χ1) is 5.36. The van der Waals surface area contributed by atoms with Crippen LogP contribution in [0.15, 0.2) is 0 Å². The molecule has 0 spiro atoms. The Kier molecular flexibility index (Phi) is 3.84. The Morgan fingerprint density at radius 1 is 1.55 bits per heavy atom. The maximum Gasteiger partial charge on any atom is 0.102 e. The van der Waals surface area contributed by atoms with Gasteiger partial charge in [0, 0.05) is 13.1 Å². The molecule has 0 radical (unpaired) electrons. The van der Waals surface area contributed by atoms with Crippen molar-refractivity contribution in [1.29, 1.82) is 0 Å². The molecule has 2 heteroatoms. The van der Waals surface area contributed by atoms with E-state index in [-0.39, 0.29) is 6.67 Å². The molecule has 11 heavy (non-hydrogen) atoms. The Morgan fingerprint density at radius 3 is 3.00 bits per heavy atom. The summed E-state index contributed by atoms with van der Waals surface area (Å²) in [6.45, 7) is 4.93. The highest BCUT2D eigenvalue weighted by Gasteiger charge is 2.17. The molecule has 1 rings (SSSR count). The van der Waals surface area contributed by atoms with Gasteiger partial charge >= 0.3 is 0 Å². The van der Waals surface area contributed by atoms with E-state index < -0.39 is 0 Å². The monoisotopic (exact) mass is 159 g/mol. The number of likely N-dealkylation sites (tertiary alicyclic amines) is 1. The van der Waals surface area contributed by atoms with Gasteiger partial charge in [0.05, 0.1) is 0 Å². The maximum atomic E-state index is 12.0. The van der Waals surface area contributed by atoms with Crippen molar-refractivity contribution in [1.82, 2.24) is 4.90 Å². The summed E-state index contributed by atoms with van der Waals surface area (Å²) in [6.07, 6.45) is 3.86. The molecule has 0 aromatic heterocycles. The van der Waals surface area contributed by atoms with Crippen LogP contribution in [0.3, 0.4) is 0 Å². The van der Waals surface area contributed by atoms with E-state index in [2.05, 4.69) is 11.8 Å². The number of piperidine rings is 1. The molecule has 1 nitrogen and oxygen atoms in total. The van der Waals surface area contributed by atoms with Crippen LogP contribution in [-0.4, -0.2) is 31.2 Å². The minimum atomic E-state index is -0.184. The standard InChI is InChI=1S/C9H18FN/c1-2-9-4-3-6-11(8-9)7-5-10/h9H,2-8H2,1H3/t9-/m1/s1. The first kappa shape index (κ1) is 8.98. The van der Waals surface area contributed by atoms with Gasteiger partial charge in [-0.25, -0.2) is 4.39 Å². The second kappa shape index (κ2) is 4.70. The molecular formula is C9H18FN. The average molecular weight is 159 g/mol. The third-order valence-electron chi connectivity index (χ3n) is 2.58. The Hall–Kier alpha value is -0.110. The van der Waals surface area contributed by atoms with E-state index in [0.717, 1.165) is 19.0 Å². The largest absolute Gasteiger partial charge is 0.300 e. The van der Waals surface area contributed by atoms with E-state index in [0.29, 0.717) is 6.54 Å². The molecule has 1 aliphatic heterocycles. The Morgan fingerprint density at radius 2 is 2.36 bits per heavy atom. The fourth-order valence-electron chi connectivity index (χ4n) is 1.81. The predicted molar refractivity (Wildman–Crippen MR) is 45.4 cm³/mol. The number of hydrogen-bond donors (Lipinski definition) is 0. The van der Waals surface area contributed by atoms with Crippen molar-refractivity contribution in [2.24, 2.45) is 5.92 Å². The van der Waals surface area contributed by atoms with Crippen molar-refractivity contribution in [3.05, 3.63) is 0 Å². The van der Waals surface area contributed by atoms with Crippen LogP contribution in [0.5, 0.6) is 0 Å². The highest BCUT2D eigenvalue weighted by atomic mass is 19.1. The summed E-state index contributed by atoms with van der Waals surface area (Å²) in [5, 5.41) is 0. The molecule has 1 atom stereocenters. The predicted octanol–water partition coefficient (Wildman–Crippen LogP) is 2.08. The Balaban J connectivity index is 2.21.